The van der Waals surface area contributed by atoms with Crippen LogP contribution < -0.4 is 11.1 Å². The minimum absolute atomic E-state index is 0.0461. The first kappa shape index (κ1) is 37.1. The number of nitrogens with zero attached hydrogens (tertiary/aromatic N) is 1. The van der Waals surface area contributed by atoms with Crippen molar-refractivity contribution in [3.05, 3.63) is 35.9 Å². The van der Waals surface area contributed by atoms with Crippen molar-refractivity contribution in [1.29, 1.82) is 0 Å². The second-order valence-corrected chi connectivity index (χ2v) is 12.3. The van der Waals surface area contributed by atoms with Gasteiger partial charge in [0.15, 0.2) is 11.6 Å². The zero-order valence-electron chi connectivity index (χ0n) is 26.9. The fourth-order valence-electron chi connectivity index (χ4n) is 5.54. The van der Waals surface area contributed by atoms with Crippen LogP contribution in [0.1, 0.15) is 78.2 Å². The number of ether oxygens (including phenoxy) is 2. The van der Waals surface area contributed by atoms with Crippen LogP contribution in [-0.4, -0.2) is 71.9 Å². The summed E-state index contributed by atoms with van der Waals surface area (Å²) in [6.07, 6.45) is -0.297. The Morgan fingerprint density at radius 2 is 1.67 bits per heavy atom. The Balaban J connectivity index is 2.17. The van der Waals surface area contributed by atoms with Gasteiger partial charge >= 0.3 is 12.1 Å². The third kappa shape index (κ3) is 11.7. The molecule has 3 amide bonds. The molecule has 45 heavy (non-hydrogen) atoms. The number of likely N-dealkylation sites (tertiary alicyclic amines) is 1. The molecule has 4 atom stereocenters. The number of benzene rings is 1. The summed E-state index contributed by atoms with van der Waals surface area (Å²) in [6, 6.07) is 6.95. The monoisotopic (exact) mass is 629 g/mol. The third-order valence-electron chi connectivity index (χ3n) is 8.02. The normalized spacial score (nSPS) is 16.5. The molecule has 12 heteroatoms. The zero-order valence-corrected chi connectivity index (χ0v) is 26.9. The fourth-order valence-corrected chi connectivity index (χ4v) is 5.54. The van der Waals surface area contributed by atoms with E-state index in [4.69, 9.17) is 15.2 Å². The van der Waals surface area contributed by atoms with E-state index in [2.05, 4.69) is 5.32 Å². The van der Waals surface area contributed by atoms with Gasteiger partial charge in [-0.1, -0.05) is 58.0 Å². The second-order valence-electron chi connectivity index (χ2n) is 12.3. The topological polar surface area (TPSA) is 179 Å². The van der Waals surface area contributed by atoms with Crippen molar-refractivity contribution in [2.45, 2.75) is 91.3 Å². The number of Topliss-reactive ketones (excluding diaryl/α,β-unsaturated/α-hetero) is 3. The molecule has 1 aromatic rings. The summed E-state index contributed by atoms with van der Waals surface area (Å²) in [5.41, 5.74) is 5.79. The lowest BCUT2D eigenvalue weighted by molar-refractivity contribution is -0.149. The van der Waals surface area contributed by atoms with Gasteiger partial charge in [0.25, 0.3) is 5.91 Å². The van der Waals surface area contributed by atoms with Crippen molar-refractivity contribution in [1.82, 2.24) is 10.2 Å². The molecule has 0 unspecified atom stereocenters. The molecule has 12 nitrogen and oxygen atoms in total. The predicted molar refractivity (Wildman–Crippen MR) is 164 cm³/mol. The molecule has 1 saturated heterocycles. The van der Waals surface area contributed by atoms with E-state index in [1.807, 2.05) is 19.9 Å². The van der Waals surface area contributed by atoms with Crippen LogP contribution in [0, 0.1) is 23.7 Å². The molecule has 0 aromatic heterocycles. The largest absolute Gasteiger partial charge is 0.469 e. The maximum atomic E-state index is 13.9. The number of hydrogen-bond donors (Lipinski definition) is 2. The molecule has 248 valence electrons. The van der Waals surface area contributed by atoms with Crippen molar-refractivity contribution in [2.75, 3.05) is 13.7 Å². The first-order chi connectivity index (χ1) is 21.2. The Kier molecular flexibility index (Phi) is 14.9. The lowest BCUT2D eigenvalue weighted by Crippen LogP contribution is -2.47. The fraction of sp³-hybridized carbons (Fsp3) is 0.606. The van der Waals surface area contributed by atoms with Gasteiger partial charge in [0, 0.05) is 31.7 Å². The van der Waals surface area contributed by atoms with Crippen molar-refractivity contribution in [2.24, 2.45) is 29.4 Å². The molecular weight excluding hydrogens is 582 g/mol. The van der Waals surface area contributed by atoms with E-state index in [1.165, 1.54) is 12.0 Å². The molecule has 1 heterocycles. The number of nitrogens with one attached hydrogen (secondary N) is 1. The van der Waals surface area contributed by atoms with Gasteiger partial charge in [-0.05, 0) is 43.1 Å². The second kappa shape index (κ2) is 18.0. The van der Waals surface area contributed by atoms with Crippen molar-refractivity contribution in [3.63, 3.8) is 0 Å². The summed E-state index contributed by atoms with van der Waals surface area (Å²) >= 11 is 0. The van der Waals surface area contributed by atoms with Gasteiger partial charge in [-0.3, -0.25) is 28.8 Å². The number of amides is 3. The van der Waals surface area contributed by atoms with E-state index in [9.17, 15) is 33.6 Å². The number of nitrogens with two attached hydrogens (primary N) is 1. The SMILES string of the molecule is COC(=O)[C@@H](CC(=O)[C@@H]1CCCN1C(=O)[C@@H](CC(=O)[C@H](CCC(=O)C(N)=O)NC(=O)OCc1ccccc1)C(C)C)CC(C)C. The van der Waals surface area contributed by atoms with Gasteiger partial charge in [0.2, 0.25) is 11.7 Å². The number of hydrogen-bond acceptors (Lipinski definition) is 9. The summed E-state index contributed by atoms with van der Waals surface area (Å²) in [5, 5.41) is 2.48. The van der Waals surface area contributed by atoms with Crippen LogP contribution in [0.4, 0.5) is 4.79 Å². The zero-order chi connectivity index (χ0) is 33.7. The maximum absolute atomic E-state index is 13.9. The predicted octanol–water partition coefficient (Wildman–Crippen LogP) is 3.13. The number of methoxy groups -OCH3 is 1. The molecule has 0 radical (unpaired) electrons. The number of ketones is 3. The molecule has 1 aliphatic rings. The van der Waals surface area contributed by atoms with Gasteiger partial charge in [-0.25, -0.2) is 4.79 Å². The van der Waals surface area contributed by atoms with E-state index < -0.39 is 53.5 Å². The maximum Gasteiger partial charge on any atom is 0.408 e. The van der Waals surface area contributed by atoms with E-state index in [0.717, 1.165) is 5.56 Å². The van der Waals surface area contributed by atoms with E-state index in [1.54, 1.807) is 38.1 Å². The smallest absolute Gasteiger partial charge is 0.408 e. The van der Waals surface area contributed by atoms with Crippen LogP contribution in [-0.2, 0) is 44.8 Å². The molecule has 1 fully saturated rings. The lowest BCUT2D eigenvalue weighted by Gasteiger charge is -2.31. The molecule has 2 rings (SSSR count). The highest BCUT2D eigenvalue weighted by Gasteiger charge is 2.40. The van der Waals surface area contributed by atoms with E-state index in [-0.39, 0.29) is 55.8 Å². The molecule has 1 aliphatic heterocycles. The molecule has 0 spiro atoms. The first-order valence-electron chi connectivity index (χ1n) is 15.5. The van der Waals surface area contributed by atoms with Crippen LogP contribution in [0.3, 0.4) is 0 Å². The van der Waals surface area contributed by atoms with Crippen molar-refractivity contribution >= 4 is 41.2 Å². The summed E-state index contributed by atoms with van der Waals surface area (Å²) in [5.74, 6) is -5.22. The molecule has 0 saturated carbocycles. The Morgan fingerprint density at radius 3 is 2.24 bits per heavy atom. The highest BCUT2D eigenvalue weighted by atomic mass is 16.5. The Bertz CT molecular complexity index is 1220. The summed E-state index contributed by atoms with van der Waals surface area (Å²) in [7, 11) is 1.28. The Labute approximate surface area is 264 Å². The third-order valence-corrected chi connectivity index (χ3v) is 8.02. The summed E-state index contributed by atoms with van der Waals surface area (Å²) in [6.45, 7) is 7.74. The van der Waals surface area contributed by atoms with Crippen LogP contribution >= 0.6 is 0 Å². The Hall–Kier alpha value is -4.09. The number of rotatable bonds is 18. The van der Waals surface area contributed by atoms with Crippen molar-refractivity contribution < 1.29 is 43.0 Å². The van der Waals surface area contributed by atoms with Crippen LogP contribution in [0.2, 0.25) is 0 Å². The molecule has 0 bridgehead atoms. The minimum Gasteiger partial charge on any atom is -0.469 e. The number of carbonyl (C=O) groups is 7. The van der Waals surface area contributed by atoms with Gasteiger partial charge in [0.05, 0.1) is 25.1 Å². The molecular formula is C33H47N3O9. The molecule has 3 N–H and O–H groups in total. The highest BCUT2D eigenvalue weighted by molar-refractivity contribution is 6.35. The van der Waals surface area contributed by atoms with Gasteiger partial charge in [-0.15, -0.1) is 0 Å². The van der Waals surface area contributed by atoms with Gasteiger partial charge in [0.1, 0.15) is 6.61 Å². The van der Waals surface area contributed by atoms with Crippen molar-refractivity contribution in [3.8, 4) is 0 Å². The van der Waals surface area contributed by atoms with E-state index >= 15 is 0 Å². The number of carbonyl (C=O) groups excluding carboxylic acids is 7. The average Bonchev–Trinajstić information content (AvgIpc) is 3.50. The first-order valence-corrected chi connectivity index (χ1v) is 15.5. The van der Waals surface area contributed by atoms with Crippen LogP contribution in [0.25, 0.3) is 0 Å². The molecule has 1 aromatic carbocycles. The van der Waals surface area contributed by atoms with Crippen LogP contribution in [0.15, 0.2) is 30.3 Å². The summed E-state index contributed by atoms with van der Waals surface area (Å²) < 4.78 is 10.1. The van der Waals surface area contributed by atoms with E-state index in [0.29, 0.717) is 25.8 Å². The number of esters is 1. The lowest BCUT2D eigenvalue weighted by atomic mass is 9.86. The molecule has 0 aliphatic carbocycles. The quantitative estimate of drug-likeness (QED) is 0.182. The highest BCUT2D eigenvalue weighted by Crippen LogP contribution is 2.29. The van der Waals surface area contributed by atoms with Crippen LogP contribution in [0.5, 0.6) is 0 Å². The average molecular weight is 630 g/mol. The standard InChI is InChI=1S/C33H47N3O9/c1-20(2)16-23(32(42)44-5)17-29(39)26-12-9-15-36(26)31(41)24(21(3)4)18-28(38)25(13-14-27(37)30(34)40)35-33(43)45-19-22-10-7-6-8-11-22/h6-8,10-11,20-21,23-26H,9,12-19H2,1-5H3,(H2,34,40)(H,35,43)/t23-,24+,25+,26+/m1/s1. The van der Waals surface area contributed by atoms with Gasteiger partial charge < -0.3 is 25.4 Å². The van der Waals surface area contributed by atoms with Gasteiger partial charge in [-0.2, -0.15) is 0 Å². The minimum atomic E-state index is -1.22. The number of alkyl carbamates (subject to hydrolysis) is 1. The Morgan fingerprint density at radius 1 is 1.00 bits per heavy atom. The summed E-state index contributed by atoms with van der Waals surface area (Å²) in [4.78, 5) is 90.5. The number of primary amides is 1.